The van der Waals surface area contributed by atoms with Crippen molar-refractivity contribution in [1.29, 1.82) is 0 Å². The first-order valence-corrected chi connectivity index (χ1v) is 8.16. The topological polar surface area (TPSA) is 76.1 Å². The van der Waals surface area contributed by atoms with Crippen molar-refractivity contribution >= 4 is 17.2 Å². The van der Waals surface area contributed by atoms with Crippen LogP contribution in [-0.4, -0.2) is 48.2 Å². The van der Waals surface area contributed by atoms with Gasteiger partial charge in [0, 0.05) is 49.4 Å². The average molecular weight is 318 g/mol. The molecule has 1 fully saturated rings. The minimum atomic E-state index is -0.380. The van der Waals surface area contributed by atoms with Crippen LogP contribution >= 0.6 is 11.3 Å². The maximum atomic E-state index is 11.9. The zero-order valence-corrected chi connectivity index (χ0v) is 12.9. The summed E-state index contributed by atoms with van der Waals surface area (Å²) in [5.74, 6) is -0.0603. The summed E-state index contributed by atoms with van der Waals surface area (Å²) in [5, 5.41) is 9.02. The van der Waals surface area contributed by atoms with Crippen molar-refractivity contribution in [1.82, 2.24) is 20.6 Å². The molecule has 2 N–H and O–H groups in total. The Labute approximate surface area is 132 Å². The maximum Gasteiger partial charge on any atom is 0.250 e. The van der Waals surface area contributed by atoms with Gasteiger partial charge in [-0.3, -0.25) is 9.78 Å². The number of nitrogens with zero attached hydrogens (tertiary/aromatic N) is 2. The summed E-state index contributed by atoms with van der Waals surface area (Å²) in [6, 6.07) is 3.89. The Morgan fingerprint density at radius 1 is 1.55 bits per heavy atom. The van der Waals surface area contributed by atoms with Crippen LogP contribution in [0.5, 0.6) is 0 Å². The first-order valence-electron chi connectivity index (χ1n) is 7.28. The number of amides is 1. The highest BCUT2D eigenvalue weighted by atomic mass is 32.1. The number of pyridine rings is 1. The van der Waals surface area contributed by atoms with Gasteiger partial charge in [0.1, 0.15) is 11.1 Å². The van der Waals surface area contributed by atoms with Crippen LogP contribution < -0.4 is 10.6 Å². The van der Waals surface area contributed by atoms with Gasteiger partial charge in [-0.05, 0) is 12.1 Å². The quantitative estimate of drug-likeness (QED) is 0.855. The van der Waals surface area contributed by atoms with E-state index in [1.807, 2.05) is 17.5 Å². The van der Waals surface area contributed by atoms with Crippen LogP contribution in [0, 0.1) is 0 Å². The van der Waals surface area contributed by atoms with Gasteiger partial charge in [0.2, 0.25) is 5.91 Å². The molecular weight excluding hydrogens is 300 g/mol. The van der Waals surface area contributed by atoms with Crippen LogP contribution in [0.25, 0.3) is 10.6 Å². The molecule has 0 aliphatic carbocycles. The first kappa shape index (κ1) is 15.1. The molecule has 116 valence electrons. The van der Waals surface area contributed by atoms with Crippen molar-refractivity contribution in [3.63, 3.8) is 0 Å². The van der Waals surface area contributed by atoms with E-state index in [-0.39, 0.29) is 12.0 Å². The lowest BCUT2D eigenvalue weighted by atomic mass is 10.2. The molecule has 1 amide bonds. The number of carbonyl (C=O) groups excluding carboxylic acids is 1. The van der Waals surface area contributed by atoms with Crippen molar-refractivity contribution in [2.45, 2.75) is 12.5 Å². The predicted octanol–water partition coefficient (Wildman–Crippen LogP) is 0.852. The van der Waals surface area contributed by atoms with E-state index in [1.165, 1.54) is 0 Å². The minimum absolute atomic E-state index is 0.0603. The van der Waals surface area contributed by atoms with Gasteiger partial charge in [-0.25, -0.2) is 4.98 Å². The Kier molecular flexibility index (Phi) is 5.10. The lowest BCUT2D eigenvalue weighted by Gasteiger charge is -2.22. The fourth-order valence-electron chi connectivity index (χ4n) is 2.21. The normalized spacial score (nSPS) is 18.1. The molecule has 1 aliphatic rings. The van der Waals surface area contributed by atoms with E-state index >= 15 is 0 Å². The van der Waals surface area contributed by atoms with Crippen LogP contribution in [0.1, 0.15) is 5.69 Å². The Hall–Kier alpha value is -1.83. The third kappa shape index (κ3) is 3.88. The van der Waals surface area contributed by atoms with Crippen LogP contribution in [0.15, 0.2) is 29.9 Å². The molecule has 22 heavy (non-hydrogen) atoms. The van der Waals surface area contributed by atoms with Crippen molar-refractivity contribution in [3.8, 4) is 10.6 Å². The summed E-state index contributed by atoms with van der Waals surface area (Å²) < 4.78 is 5.41. The number of rotatable bonds is 5. The van der Waals surface area contributed by atoms with Gasteiger partial charge in [-0.2, -0.15) is 0 Å². The number of aromatic nitrogens is 2. The number of thiazole rings is 1. The molecule has 0 saturated carbocycles. The summed E-state index contributed by atoms with van der Waals surface area (Å²) in [6.45, 7) is 2.53. The smallest absolute Gasteiger partial charge is 0.250 e. The fraction of sp³-hybridized carbons (Fsp3) is 0.400. The first-order chi connectivity index (χ1) is 10.8. The third-order valence-electron chi connectivity index (χ3n) is 3.36. The second kappa shape index (κ2) is 7.44. The molecule has 0 radical (unpaired) electrons. The molecule has 6 nitrogen and oxygen atoms in total. The number of hydrogen-bond acceptors (Lipinski definition) is 6. The second-order valence-corrected chi connectivity index (χ2v) is 5.85. The van der Waals surface area contributed by atoms with Crippen molar-refractivity contribution in [2.24, 2.45) is 0 Å². The minimum Gasteiger partial charge on any atom is -0.366 e. The molecule has 1 saturated heterocycles. The van der Waals surface area contributed by atoms with Gasteiger partial charge in [0.25, 0.3) is 0 Å². The van der Waals surface area contributed by atoms with E-state index in [2.05, 4.69) is 20.6 Å². The Bertz CT molecular complexity index is 611. The SMILES string of the molecule is O=C(NCCc1csc(-c2cccnc2)n1)[C@H]1CNCCO1. The lowest BCUT2D eigenvalue weighted by Crippen LogP contribution is -2.48. The van der Waals surface area contributed by atoms with Gasteiger partial charge in [0.15, 0.2) is 0 Å². The van der Waals surface area contributed by atoms with Crippen LogP contribution in [0.3, 0.4) is 0 Å². The molecule has 3 rings (SSSR count). The maximum absolute atomic E-state index is 11.9. The number of morpholine rings is 1. The summed E-state index contributed by atoms with van der Waals surface area (Å²) in [7, 11) is 0. The number of nitrogens with one attached hydrogen (secondary N) is 2. The zero-order chi connectivity index (χ0) is 15.2. The molecule has 0 bridgehead atoms. The highest BCUT2D eigenvalue weighted by Gasteiger charge is 2.21. The second-order valence-electron chi connectivity index (χ2n) is 4.99. The van der Waals surface area contributed by atoms with E-state index in [4.69, 9.17) is 4.74 Å². The molecule has 7 heteroatoms. The highest BCUT2D eigenvalue weighted by molar-refractivity contribution is 7.13. The highest BCUT2D eigenvalue weighted by Crippen LogP contribution is 2.22. The summed E-state index contributed by atoms with van der Waals surface area (Å²) >= 11 is 1.59. The third-order valence-corrected chi connectivity index (χ3v) is 4.30. The zero-order valence-electron chi connectivity index (χ0n) is 12.1. The van der Waals surface area contributed by atoms with Gasteiger partial charge >= 0.3 is 0 Å². The molecule has 1 atom stereocenters. The summed E-state index contributed by atoms with van der Waals surface area (Å²) in [4.78, 5) is 20.6. The molecule has 1 aliphatic heterocycles. The van der Waals surface area contributed by atoms with Crippen LogP contribution in [0.2, 0.25) is 0 Å². The molecule has 2 aromatic heterocycles. The number of ether oxygens (including phenoxy) is 1. The molecule has 0 spiro atoms. The average Bonchev–Trinajstić information content (AvgIpc) is 3.05. The molecule has 0 aromatic carbocycles. The number of carbonyl (C=O) groups is 1. The van der Waals surface area contributed by atoms with Crippen LogP contribution in [-0.2, 0) is 16.0 Å². The van der Waals surface area contributed by atoms with E-state index in [0.717, 1.165) is 22.8 Å². The molecule has 0 unspecified atom stereocenters. The Morgan fingerprint density at radius 2 is 2.50 bits per heavy atom. The fourth-order valence-corrected chi connectivity index (χ4v) is 3.05. The Morgan fingerprint density at radius 3 is 3.27 bits per heavy atom. The lowest BCUT2D eigenvalue weighted by molar-refractivity contribution is -0.134. The van der Waals surface area contributed by atoms with E-state index in [1.54, 1.807) is 23.7 Å². The molecule has 3 heterocycles. The van der Waals surface area contributed by atoms with E-state index < -0.39 is 0 Å². The van der Waals surface area contributed by atoms with Crippen LogP contribution in [0.4, 0.5) is 0 Å². The van der Waals surface area contributed by atoms with Crippen molar-refractivity contribution in [3.05, 3.63) is 35.6 Å². The summed E-state index contributed by atoms with van der Waals surface area (Å²) in [5.41, 5.74) is 2.00. The summed E-state index contributed by atoms with van der Waals surface area (Å²) in [6.07, 6.45) is 3.88. The number of hydrogen-bond donors (Lipinski definition) is 2. The van der Waals surface area contributed by atoms with Gasteiger partial charge in [-0.1, -0.05) is 0 Å². The van der Waals surface area contributed by atoms with Crippen molar-refractivity contribution < 1.29 is 9.53 Å². The predicted molar refractivity (Wildman–Crippen MR) is 84.7 cm³/mol. The Balaban J connectivity index is 1.48. The van der Waals surface area contributed by atoms with E-state index in [9.17, 15) is 4.79 Å². The van der Waals surface area contributed by atoms with Gasteiger partial charge in [-0.15, -0.1) is 11.3 Å². The largest absolute Gasteiger partial charge is 0.366 e. The molecular formula is C15H18N4O2S. The monoisotopic (exact) mass is 318 g/mol. The van der Waals surface area contributed by atoms with Gasteiger partial charge in [0.05, 0.1) is 12.3 Å². The van der Waals surface area contributed by atoms with Gasteiger partial charge < -0.3 is 15.4 Å². The van der Waals surface area contributed by atoms with Crippen molar-refractivity contribution in [2.75, 3.05) is 26.2 Å². The van der Waals surface area contributed by atoms with E-state index in [0.29, 0.717) is 26.1 Å². The standard InChI is InChI=1S/C15H18N4O2S/c20-14(13-9-17-6-7-21-13)18-5-3-12-10-22-15(19-12)11-2-1-4-16-8-11/h1-2,4,8,10,13,17H,3,5-7,9H2,(H,18,20)/t13-/m1/s1. The molecule has 2 aromatic rings.